The molecule has 3 aliphatic rings. The highest BCUT2D eigenvalue weighted by atomic mass is 19.4. The molecule has 1 saturated carbocycles. The summed E-state index contributed by atoms with van der Waals surface area (Å²) in [6.07, 6.45) is -0.422. The number of esters is 1. The number of nitrogens with two attached hydrogens (primary N) is 1. The molecule has 3 unspecified atom stereocenters. The molecule has 0 spiro atoms. The van der Waals surface area contributed by atoms with E-state index in [0.717, 1.165) is 31.9 Å². The van der Waals surface area contributed by atoms with Gasteiger partial charge in [-0.1, -0.05) is 27.7 Å². The van der Waals surface area contributed by atoms with Crippen LogP contribution in [0, 0.1) is 12.7 Å². The van der Waals surface area contributed by atoms with Crippen LogP contribution in [-0.4, -0.2) is 83.0 Å². The van der Waals surface area contributed by atoms with Crippen LogP contribution in [0.2, 0.25) is 0 Å². The third-order valence-corrected chi connectivity index (χ3v) is 9.00. The zero-order chi connectivity index (χ0) is 41.2. The molecule has 2 aliphatic heterocycles. The Morgan fingerprint density at radius 1 is 1.07 bits per heavy atom. The summed E-state index contributed by atoms with van der Waals surface area (Å²) in [6, 6.07) is 2.83. The maximum absolute atomic E-state index is 16.4. The molecule has 10 nitrogen and oxygen atoms in total. The van der Waals surface area contributed by atoms with Gasteiger partial charge in [-0.05, 0) is 111 Å². The lowest BCUT2D eigenvalue weighted by Crippen LogP contribution is -2.28. The van der Waals surface area contributed by atoms with Crippen LogP contribution in [0.3, 0.4) is 0 Å². The summed E-state index contributed by atoms with van der Waals surface area (Å²) in [6.45, 7) is 18.3. The quantitative estimate of drug-likeness (QED) is 0.104. The first-order chi connectivity index (χ1) is 25.9. The number of fused-ring (bicyclic) bond motifs is 2. The molecule has 0 amide bonds. The predicted molar refractivity (Wildman–Crippen MR) is 209 cm³/mol. The van der Waals surface area contributed by atoms with Crippen LogP contribution in [0.15, 0.2) is 12.1 Å². The van der Waals surface area contributed by atoms with Crippen molar-refractivity contribution in [1.29, 1.82) is 0 Å². The number of nitrogens with zero attached hydrogens (tertiary/aromatic N) is 4. The SMILES string of the molecule is CC.CC.CNCCC(C)Oc1nc(-c2cc(N)cc(C)c2C(F)(F)F)c(F)c2nc(C3CC3)nc(NCC(=O)OC(C)(C)C)c12.FC1CC2CCCN2C1. The Hall–Kier alpha value is -3.85. The number of nitrogens with one attached hydrogen (secondary N) is 2. The van der Waals surface area contributed by atoms with Crippen molar-refractivity contribution in [3.8, 4) is 17.1 Å². The molecule has 2 saturated heterocycles. The highest BCUT2D eigenvalue weighted by Crippen LogP contribution is 2.45. The fourth-order valence-electron chi connectivity index (χ4n) is 6.61. The molecule has 3 aromatic rings. The number of anilines is 2. The van der Waals surface area contributed by atoms with E-state index in [1.54, 1.807) is 34.7 Å². The topological polar surface area (TPSA) is 128 Å². The molecule has 55 heavy (non-hydrogen) atoms. The monoisotopic (exact) mass is 781 g/mol. The van der Waals surface area contributed by atoms with E-state index in [9.17, 15) is 22.4 Å². The van der Waals surface area contributed by atoms with E-state index in [-0.39, 0.29) is 46.3 Å². The van der Waals surface area contributed by atoms with Crippen LogP contribution in [0.1, 0.15) is 117 Å². The number of ether oxygens (including phenoxy) is 2. The molecule has 0 bridgehead atoms. The summed E-state index contributed by atoms with van der Waals surface area (Å²) in [5.74, 6) is -1.51. The Kier molecular flexibility index (Phi) is 16.4. The van der Waals surface area contributed by atoms with Crippen LogP contribution < -0.4 is 21.1 Å². The van der Waals surface area contributed by atoms with Crippen LogP contribution >= 0.6 is 0 Å². The lowest BCUT2D eigenvalue weighted by molar-refractivity contribution is -0.152. The molecule has 4 heterocycles. The molecule has 3 fully saturated rings. The Morgan fingerprint density at radius 2 is 1.75 bits per heavy atom. The second-order valence-corrected chi connectivity index (χ2v) is 14.7. The first kappa shape index (κ1) is 45.5. The smallest absolute Gasteiger partial charge is 0.417 e. The summed E-state index contributed by atoms with van der Waals surface area (Å²) in [5.41, 5.74) is 2.57. The number of hydrogen-bond donors (Lipinski definition) is 3. The zero-order valence-corrected chi connectivity index (χ0v) is 34.0. The number of nitrogen functional groups attached to an aromatic ring is 1. The van der Waals surface area contributed by atoms with Gasteiger partial charge in [0.2, 0.25) is 5.88 Å². The van der Waals surface area contributed by atoms with Gasteiger partial charge in [-0.15, -0.1) is 0 Å². The molecule has 0 radical (unpaired) electrons. The molecule has 1 aromatic carbocycles. The summed E-state index contributed by atoms with van der Waals surface area (Å²) in [7, 11) is 1.77. The highest BCUT2D eigenvalue weighted by Gasteiger charge is 2.38. The van der Waals surface area contributed by atoms with Gasteiger partial charge in [-0.2, -0.15) is 13.2 Å². The number of alkyl halides is 4. The number of benzene rings is 1. The van der Waals surface area contributed by atoms with E-state index in [1.807, 2.05) is 27.7 Å². The minimum Gasteiger partial charge on any atom is -0.474 e. The van der Waals surface area contributed by atoms with Gasteiger partial charge < -0.3 is 25.8 Å². The number of aryl methyl sites for hydroxylation is 1. The molecule has 308 valence electrons. The third-order valence-electron chi connectivity index (χ3n) is 9.00. The second kappa shape index (κ2) is 19.8. The van der Waals surface area contributed by atoms with Crippen molar-refractivity contribution in [2.24, 2.45) is 0 Å². The largest absolute Gasteiger partial charge is 0.474 e. The first-order valence-corrected chi connectivity index (χ1v) is 19.5. The van der Waals surface area contributed by atoms with Crippen molar-refractivity contribution in [3.63, 3.8) is 0 Å². The van der Waals surface area contributed by atoms with E-state index in [0.29, 0.717) is 31.4 Å². The van der Waals surface area contributed by atoms with Gasteiger partial charge in [0.1, 0.15) is 46.6 Å². The molecule has 15 heteroatoms. The summed E-state index contributed by atoms with van der Waals surface area (Å²) in [4.78, 5) is 28.1. The minimum atomic E-state index is -4.82. The lowest BCUT2D eigenvalue weighted by Gasteiger charge is -2.22. The van der Waals surface area contributed by atoms with Gasteiger partial charge in [-0.25, -0.2) is 23.7 Å². The molecule has 6 rings (SSSR count). The van der Waals surface area contributed by atoms with Gasteiger partial charge in [0.05, 0.1) is 11.7 Å². The molecular weight excluding hydrogens is 721 g/mol. The minimum absolute atomic E-state index is 0.00898. The van der Waals surface area contributed by atoms with Crippen molar-refractivity contribution in [3.05, 3.63) is 34.9 Å². The van der Waals surface area contributed by atoms with Gasteiger partial charge in [0.25, 0.3) is 0 Å². The van der Waals surface area contributed by atoms with Gasteiger partial charge in [0.15, 0.2) is 5.82 Å². The first-order valence-electron chi connectivity index (χ1n) is 19.5. The number of aromatic nitrogens is 3. The molecule has 2 aromatic heterocycles. The third kappa shape index (κ3) is 12.3. The van der Waals surface area contributed by atoms with Crippen LogP contribution in [0.5, 0.6) is 5.88 Å². The average molecular weight is 782 g/mol. The standard InChI is InChI=1S/C29H36F4N6O3.C7H12FN.2C2H6/c1-14-11-17(34)12-18(21(14)29(31,32)33)23-22(30)24-20(27(38-23)41-15(2)9-10-35-6)26(39-25(37-24)16-7-8-16)36-13-19(40)42-28(3,4)5;8-6-4-7-2-1-3-9(7)5-6;2*1-2/h11-12,15-16,35H,7-10,13,34H2,1-6H3,(H,36,37,39);6-7H,1-5H2;2*1-2H3. The highest BCUT2D eigenvalue weighted by molar-refractivity contribution is 5.97. The summed E-state index contributed by atoms with van der Waals surface area (Å²) in [5, 5.41) is 5.92. The van der Waals surface area contributed by atoms with E-state index in [4.69, 9.17) is 15.2 Å². The molecule has 4 N–H and O–H groups in total. The summed E-state index contributed by atoms with van der Waals surface area (Å²) >= 11 is 0. The number of halogens is 5. The molecule has 3 atom stereocenters. The number of pyridine rings is 1. The molecular formula is C40H60F5N7O3. The van der Waals surface area contributed by atoms with Crippen molar-refractivity contribution in [2.45, 2.75) is 137 Å². The van der Waals surface area contributed by atoms with Crippen LogP contribution in [0.25, 0.3) is 22.2 Å². The van der Waals surface area contributed by atoms with Crippen LogP contribution in [0.4, 0.5) is 33.5 Å². The van der Waals surface area contributed by atoms with Crippen molar-refractivity contribution >= 4 is 28.4 Å². The number of hydrogen-bond acceptors (Lipinski definition) is 10. The Balaban J connectivity index is 0.000000530. The van der Waals surface area contributed by atoms with Gasteiger partial charge in [-0.3, -0.25) is 9.69 Å². The fraction of sp³-hybridized carbons (Fsp3) is 0.650. The van der Waals surface area contributed by atoms with Crippen molar-refractivity contribution < 1.29 is 36.2 Å². The Labute approximate surface area is 322 Å². The van der Waals surface area contributed by atoms with Gasteiger partial charge in [0, 0.05) is 29.8 Å². The Bertz CT molecular complexity index is 1720. The number of rotatable bonds is 10. The maximum atomic E-state index is 16.4. The van der Waals surface area contributed by atoms with Crippen LogP contribution in [-0.2, 0) is 15.7 Å². The molecule has 1 aliphatic carbocycles. The van der Waals surface area contributed by atoms with E-state index < -0.39 is 52.7 Å². The fourth-order valence-corrected chi connectivity index (χ4v) is 6.61. The van der Waals surface area contributed by atoms with Crippen molar-refractivity contribution in [2.75, 3.05) is 44.3 Å². The second-order valence-electron chi connectivity index (χ2n) is 14.7. The normalized spacial score (nSPS) is 18.5. The van der Waals surface area contributed by atoms with E-state index in [2.05, 4.69) is 30.5 Å². The maximum Gasteiger partial charge on any atom is 0.417 e. The average Bonchev–Trinajstić information content (AvgIpc) is 3.78. The van der Waals surface area contributed by atoms with E-state index in [1.165, 1.54) is 25.8 Å². The van der Waals surface area contributed by atoms with Gasteiger partial charge >= 0.3 is 12.1 Å². The summed E-state index contributed by atoms with van der Waals surface area (Å²) < 4.78 is 83.3. The Morgan fingerprint density at radius 3 is 2.33 bits per heavy atom. The predicted octanol–water partition coefficient (Wildman–Crippen LogP) is 8.99. The number of carbonyl (C=O) groups excluding carboxylic acids is 1. The van der Waals surface area contributed by atoms with Crippen molar-refractivity contribution in [1.82, 2.24) is 25.2 Å². The van der Waals surface area contributed by atoms with E-state index >= 15 is 4.39 Å². The number of carbonyl (C=O) groups is 1. The lowest BCUT2D eigenvalue weighted by atomic mass is 9.96. The zero-order valence-electron chi connectivity index (χ0n) is 34.0.